The average Bonchev–Trinajstić information content (AvgIpc) is 3.27. The summed E-state index contributed by atoms with van der Waals surface area (Å²) in [6, 6.07) is 15.7. The first-order valence-electron chi connectivity index (χ1n) is 11.2. The summed E-state index contributed by atoms with van der Waals surface area (Å²) in [5.41, 5.74) is 5.41. The van der Waals surface area contributed by atoms with E-state index in [1.165, 1.54) is 0 Å². The third kappa shape index (κ3) is 4.41. The average molecular weight is 473 g/mol. The number of likely N-dealkylation sites (tertiary alicyclic amines) is 1. The van der Waals surface area contributed by atoms with Crippen molar-refractivity contribution in [3.8, 4) is 11.4 Å². The summed E-state index contributed by atoms with van der Waals surface area (Å²) in [6.07, 6.45) is 7.35. The van der Waals surface area contributed by atoms with Crippen LogP contribution in [0.4, 0.5) is 0 Å². The van der Waals surface area contributed by atoms with Crippen molar-refractivity contribution in [2.75, 3.05) is 13.7 Å². The molecule has 34 heavy (non-hydrogen) atoms. The predicted octanol–water partition coefficient (Wildman–Crippen LogP) is 5.60. The summed E-state index contributed by atoms with van der Waals surface area (Å²) >= 11 is 6.26. The molecule has 7 heteroatoms. The lowest BCUT2D eigenvalue weighted by molar-refractivity contribution is -0.129. The summed E-state index contributed by atoms with van der Waals surface area (Å²) in [4.78, 5) is 24.0. The first-order chi connectivity index (χ1) is 16.5. The number of methoxy groups -OCH3 is 1. The minimum atomic E-state index is 0.0524. The van der Waals surface area contributed by atoms with Crippen molar-refractivity contribution >= 4 is 34.5 Å². The number of imidazole rings is 1. The quantitative estimate of drug-likeness (QED) is 0.280. The van der Waals surface area contributed by atoms with Crippen LogP contribution in [0.3, 0.4) is 0 Å². The van der Waals surface area contributed by atoms with Crippen LogP contribution in [0.2, 0.25) is 5.15 Å². The van der Waals surface area contributed by atoms with E-state index in [9.17, 15) is 4.79 Å². The molecule has 5 rings (SSSR count). The summed E-state index contributed by atoms with van der Waals surface area (Å²) < 4.78 is 7.56. The Kier molecular flexibility index (Phi) is 6.07. The molecule has 1 amide bonds. The van der Waals surface area contributed by atoms with Crippen LogP contribution in [-0.2, 0) is 11.3 Å². The Bertz CT molecular complexity index is 1410. The van der Waals surface area contributed by atoms with E-state index in [1.54, 1.807) is 13.4 Å². The van der Waals surface area contributed by atoms with Crippen molar-refractivity contribution in [1.29, 1.82) is 0 Å². The largest absolute Gasteiger partial charge is 0.495 e. The molecule has 6 nitrogen and oxygen atoms in total. The highest BCUT2D eigenvalue weighted by molar-refractivity contribution is 6.29. The molecule has 0 N–H and O–H groups in total. The third-order valence-electron chi connectivity index (χ3n) is 6.10. The summed E-state index contributed by atoms with van der Waals surface area (Å²) in [6.45, 7) is 3.17. The molecule has 2 aromatic heterocycles. The first-order valence-corrected chi connectivity index (χ1v) is 11.6. The number of pyridine rings is 1. The number of benzene rings is 2. The molecule has 0 unspecified atom stereocenters. The van der Waals surface area contributed by atoms with Gasteiger partial charge in [0.05, 0.1) is 30.3 Å². The second-order valence-electron chi connectivity index (χ2n) is 8.47. The highest BCUT2D eigenvalue weighted by Gasteiger charge is 2.24. The molecule has 0 bridgehead atoms. The fourth-order valence-corrected chi connectivity index (χ4v) is 4.68. The maximum atomic E-state index is 13.4. The molecule has 1 fully saturated rings. The van der Waals surface area contributed by atoms with Crippen LogP contribution >= 0.6 is 11.6 Å². The number of nitrogens with zero attached hydrogens (tertiary/aromatic N) is 4. The number of piperidine rings is 1. The molecule has 0 saturated carbocycles. The molecule has 0 spiro atoms. The number of para-hydroxylation sites is 1. The van der Waals surface area contributed by atoms with Crippen LogP contribution in [0.25, 0.3) is 22.7 Å². The van der Waals surface area contributed by atoms with Gasteiger partial charge in [-0.25, -0.2) is 9.97 Å². The lowest BCUT2D eigenvalue weighted by Crippen LogP contribution is -2.36. The number of hydrogen-bond acceptors (Lipinski definition) is 4. The number of hydrogen-bond donors (Lipinski definition) is 0. The van der Waals surface area contributed by atoms with Gasteiger partial charge < -0.3 is 14.2 Å². The monoisotopic (exact) mass is 472 g/mol. The fraction of sp³-hybridized carbons (Fsp3) is 0.222. The van der Waals surface area contributed by atoms with Gasteiger partial charge in [0.15, 0.2) is 0 Å². The first kappa shape index (κ1) is 22.2. The second kappa shape index (κ2) is 9.31. The Hall–Kier alpha value is -3.64. The van der Waals surface area contributed by atoms with Gasteiger partial charge in [-0.1, -0.05) is 35.9 Å². The Balaban J connectivity index is 1.41. The van der Waals surface area contributed by atoms with E-state index in [0.29, 0.717) is 18.2 Å². The Labute approximate surface area is 203 Å². The zero-order valence-electron chi connectivity index (χ0n) is 19.2. The summed E-state index contributed by atoms with van der Waals surface area (Å²) in [7, 11) is 1.65. The van der Waals surface area contributed by atoms with Gasteiger partial charge in [-0.05, 0) is 61.2 Å². The molecule has 0 radical (unpaired) electrons. The van der Waals surface area contributed by atoms with Gasteiger partial charge in [0.25, 0.3) is 0 Å². The summed E-state index contributed by atoms with van der Waals surface area (Å²) in [5, 5.41) is 1.46. The van der Waals surface area contributed by atoms with E-state index < -0.39 is 0 Å². The van der Waals surface area contributed by atoms with E-state index in [4.69, 9.17) is 16.3 Å². The molecule has 4 aromatic rings. The van der Waals surface area contributed by atoms with E-state index in [2.05, 4.69) is 9.97 Å². The second-order valence-corrected chi connectivity index (χ2v) is 8.86. The topological polar surface area (TPSA) is 60.2 Å². The van der Waals surface area contributed by atoms with Crippen molar-refractivity contribution in [3.63, 3.8) is 0 Å². The number of halogens is 1. The maximum absolute atomic E-state index is 13.4. The van der Waals surface area contributed by atoms with E-state index in [-0.39, 0.29) is 5.91 Å². The number of ether oxygens (including phenoxy) is 1. The highest BCUT2D eigenvalue weighted by Crippen LogP contribution is 2.29. The Morgan fingerprint density at radius 1 is 1.18 bits per heavy atom. The van der Waals surface area contributed by atoms with Crippen LogP contribution in [0, 0.1) is 6.92 Å². The number of aryl methyl sites for hydroxylation is 1. The smallest absolute Gasteiger partial charge is 0.250 e. The van der Waals surface area contributed by atoms with Gasteiger partial charge in [-0.3, -0.25) is 4.79 Å². The number of fused-ring (bicyclic) bond motifs is 1. The highest BCUT2D eigenvalue weighted by atomic mass is 35.5. The molecule has 172 valence electrons. The number of rotatable bonds is 5. The van der Waals surface area contributed by atoms with Crippen molar-refractivity contribution in [1.82, 2.24) is 19.4 Å². The van der Waals surface area contributed by atoms with Gasteiger partial charge in [0, 0.05) is 30.2 Å². The predicted molar refractivity (Wildman–Crippen MR) is 134 cm³/mol. The zero-order valence-corrected chi connectivity index (χ0v) is 19.9. The molecule has 1 aliphatic heterocycles. The molecule has 0 aliphatic carbocycles. The number of aromatic nitrogens is 3. The van der Waals surface area contributed by atoms with Crippen LogP contribution < -0.4 is 4.74 Å². The SMILES string of the molecule is COc1cc(/C=C2\CCCN(Cc3cc(Cl)nc4ccccc34)C2=O)ccc1-n1cnc(C)c1. The lowest BCUT2D eigenvalue weighted by Gasteiger charge is -2.29. The lowest BCUT2D eigenvalue weighted by atomic mass is 9.99. The van der Waals surface area contributed by atoms with Crippen LogP contribution in [-0.4, -0.2) is 39.0 Å². The van der Waals surface area contributed by atoms with Crippen LogP contribution in [0.15, 0.2) is 66.6 Å². The van der Waals surface area contributed by atoms with E-state index >= 15 is 0 Å². The van der Waals surface area contributed by atoms with Crippen molar-refractivity contribution < 1.29 is 9.53 Å². The van der Waals surface area contributed by atoms with E-state index in [1.807, 2.05) is 77.2 Å². The molecule has 0 atom stereocenters. The minimum Gasteiger partial charge on any atom is -0.495 e. The number of amides is 1. The van der Waals surface area contributed by atoms with Gasteiger partial charge in [-0.15, -0.1) is 0 Å². The van der Waals surface area contributed by atoms with Crippen molar-refractivity contribution in [3.05, 3.63) is 88.6 Å². The Morgan fingerprint density at radius 3 is 2.82 bits per heavy atom. The van der Waals surface area contributed by atoms with Gasteiger partial charge in [0.1, 0.15) is 10.9 Å². The zero-order chi connectivity index (χ0) is 23.7. The molecular weight excluding hydrogens is 448 g/mol. The standard InChI is InChI=1S/C27H25ClN4O2/c1-18-15-32(17-29-18)24-10-9-19(13-25(24)34-2)12-20-6-5-11-31(27(20)33)16-21-14-26(28)30-23-8-4-3-7-22(21)23/h3-4,7-10,12-15,17H,5-6,11,16H2,1-2H3/b20-12+. The number of carbonyl (C=O) groups is 1. The number of carbonyl (C=O) groups excluding carboxylic acids is 1. The van der Waals surface area contributed by atoms with Crippen LogP contribution in [0.5, 0.6) is 5.75 Å². The van der Waals surface area contributed by atoms with Gasteiger partial charge >= 0.3 is 0 Å². The molecular formula is C27H25ClN4O2. The van der Waals surface area contributed by atoms with E-state index in [0.717, 1.165) is 57.6 Å². The molecule has 3 heterocycles. The fourth-order valence-electron chi connectivity index (χ4n) is 4.46. The van der Waals surface area contributed by atoms with Gasteiger partial charge in [-0.2, -0.15) is 0 Å². The molecule has 1 saturated heterocycles. The molecule has 2 aromatic carbocycles. The third-order valence-corrected chi connectivity index (χ3v) is 6.30. The van der Waals surface area contributed by atoms with Crippen LogP contribution in [0.1, 0.15) is 29.7 Å². The summed E-state index contributed by atoms with van der Waals surface area (Å²) in [5.74, 6) is 0.779. The van der Waals surface area contributed by atoms with Crippen molar-refractivity contribution in [2.24, 2.45) is 0 Å². The normalized spacial score (nSPS) is 15.3. The minimum absolute atomic E-state index is 0.0524. The Morgan fingerprint density at radius 2 is 2.03 bits per heavy atom. The van der Waals surface area contributed by atoms with Crippen molar-refractivity contribution in [2.45, 2.75) is 26.3 Å². The molecule has 1 aliphatic rings. The maximum Gasteiger partial charge on any atom is 0.250 e. The van der Waals surface area contributed by atoms with Gasteiger partial charge in [0.2, 0.25) is 5.91 Å².